The molecule has 0 unspecified atom stereocenters. The summed E-state index contributed by atoms with van der Waals surface area (Å²) in [6.07, 6.45) is 1.48. The molecular formula is C13H16N2O3S2. The Balaban J connectivity index is 2.62. The topological polar surface area (TPSA) is 87.0 Å². The fourth-order valence-electron chi connectivity index (χ4n) is 1.39. The standard InChI is InChI=1S/C13H16N2O3S2/c1-20(17,18)10-7-13(16)15-11-5-2-3-6-12(11)19-9-4-8-14/h2-3,5-6H,4,7,9-10H2,1H3,(H,15,16). The van der Waals surface area contributed by atoms with Crippen molar-refractivity contribution in [1.29, 1.82) is 5.26 Å². The van der Waals surface area contributed by atoms with E-state index in [2.05, 4.69) is 11.4 Å². The van der Waals surface area contributed by atoms with Crippen LogP contribution in [0, 0.1) is 11.3 Å². The second-order valence-electron chi connectivity index (χ2n) is 4.18. The van der Waals surface area contributed by atoms with E-state index >= 15 is 0 Å². The Bertz CT molecular complexity index is 606. The monoisotopic (exact) mass is 312 g/mol. The number of hydrogen-bond acceptors (Lipinski definition) is 5. The second-order valence-corrected chi connectivity index (χ2v) is 7.58. The van der Waals surface area contributed by atoms with Crippen molar-refractivity contribution in [2.45, 2.75) is 17.7 Å². The van der Waals surface area contributed by atoms with Crippen molar-refractivity contribution in [3.05, 3.63) is 24.3 Å². The van der Waals surface area contributed by atoms with Gasteiger partial charge in [-0.1, -0.05) is 12.1 Å². The number of anilines is 1. The van der Waals surface area contributed by atoms with Gasteiger partial charge < -0.3 is 5.32 Å². The van der Waals surface area contributed by atoms with E-state index in [0.29, 0.717) is 17.9 Å². The number of nitriles is 1. The number of carbonyl (C=O) groups is 1. The predicted molar refractivity (Wildman–Crippen MR) is 80.4 cm³/mol. The van der Waals surface area contributed by atoms with Gasteiger partial charge in [-0.3, -0.25) is 4.79 Å². The first kappa shape index (κ1) is 16.5. The molecule has 0 bridgehead atoms. The third-order valence-electron chi connectivity index (χ3n) is 2.33. The summed E-state index contributed by atoms with van der Waals surface area (Å²) >= 11 is 1.48. The number of carbonyl (C=O) groups excluding carboxylic acids is 1. The normalized spacial score (nSPS) is 10.8. The molecule has 5 nitrogen and oxygen atoms in total. The second kappa shape index (κ2) is 7.92. The van der Waals surface area contributed by atoms with Crippen molar-refractivity contribution in [2.24, 2.45) is 0 Å². The van der Waals surface area contributed by atoms with E-state index in [1.807, 2.05) is 12.1 Å². The molecule has 0 heterocycles. The lowest BCUT2D eigenvalue weighted by Crippen LogP contribution is -2.16. The average Bonchev–Trinajstić information content (AvgIpc) is 2.38. The lowest BCUT2D eigenvalue weighted by Gasteiger charge is -2.09. The summed E-state index contributed by atoms with van der Waals surface area (Å²) < 4.78 is 22.0. The van der Waals surface area contributed by atoms with Crippen LogP contribution in [-0.2, 0) is 14.6 Å². The molecule has 1 rings (SSSR count). The number of nitrogens with zero attached hydrogens (tertiary/aromatic N) is 1. The molecule has 0 saturated carbocycles. The van der Waals surface area contributed by atoms with Crippen LogP contribution in [0.15, 0.2) is 29.2 Å². The van der Waals surface area contributed by atoms with Gasteiger partial charge in [0.2, 0.25) is 5.91 Å². The van der Waals surface area contributed by atoms with E-state index in [-0.39, 0.29) is 18.1 Å². The van der Waals surface area contributed by atoms with Gasteiger partial charge in [-0.25, -0.2) is 8.42 Å². The van der Waals surface area contributed by atoms with Gasteiger partial charge in [0.1, 0.15) is 9.84 Å². The Labute approximate surface area is 123 Å². The smallest absolute Gasteiger partial charge is 0.225 e. The van der Waals surface area contributed by atoms with Gasteiger partial charge >= 0.3 is 0 Å². The Kier molecular flexibility index (Phi) is 6.55. The molecule has 1 N–H and O–H groups in total. The van der Waals surface area contributed by atoms with Crippen molar-refractivity contribution < 1.29 is 13.2 Å². The van der Waals surface area contributed by atoms with Crippen LogP contribution >= 0.6 is 11.8 Å². The summed E-state index contributed by atoms with van der Waals surface area (Å²) in [7, 11) is -3.14. The van der Waals surface area contributed by atoms with Crippen molar-refractivity contribution >= 4 is 33.2 Å². The van der Waals surface area contributed by atoms with Crippen LogP contribution in [0.25, 0.3) is 0 Å². The summed E-state index contributed by atoms with van der Waals surface area (Å²) in [4.78, 5) is 12.6. The first-order valence-electron chi connectivity index (χ1n) is 5.99. The number of amides is 1. The quantitative estimate of drug-likeness (QED) is 0.615. The van der Waals surface area contributed by atoms with Crippen LogP contribution in [0.2, 0.25) is 0 Å². The van der Waals surface area contributed by atoms with Crippen LogP contribution in [0.5, 0.6) is 0 Å². The van der Waals surface area contributed by atoms with Crippen molar-refractivity contribution in [3.63, 3.8) is 0 Å². The molecule has 7 heteroatoms. The number of sulfone groups is 1. The zero-order chi connectivity index (χ0) is 15.0. The van der Waals surface area contributed by atoms with Crippen LogP contribution in [0.4, 0.5) is 5.69 Å². The summed E-state index contributed by atoms with van der Waals surface area (Å²) in [6.45, 7) is 0. The van der Waals surface area contributed by atoms with Gasteiger partial charge in [-0.2, -0.15) is 5.26 Å². The third-order valence-corrected chi connectivity index (χ3v) is 4.35. The van der Waals surface area contributed by atoms with Crippen LogP contribution in [0.3, 0.4) is 0 Å². The lowest BCUT2D eigenvalue weighted by molar-refractivity contribution is -0.115. The molecule has 0 atom stereocenters. The average molecular weight is 312 g/mol. The highest BCUT2D eigenvalue weighted by atomic mass is 32.2. The number of para-hydroxylation sites is 1. The molecule has 0 radical (unpaired) electrons. The number of hydrogen-bond donors (Lipinski definition) is 1. The molecule has 0 saturated heterocycles. The number of thioether (sulfide) groups is 1. The zero-order valence-electron chi connectivity index (χ0n) is 11.1. The Morgan fingerprint density at radius 3 is 2.75 bits per heavy atom. The summed E-state index contributed by atoms with van der Waals surface area (Å²) in [5, 5.41) is 11.2. The molecule has 0 spiro atoms. The molecule has 1 amide bonds. The first-order chi connectivity index (χ1) is 9.42. The minimum absolute atomic E-state index is 0.0595. The molecule has 108 valence electrons. The molecule has 0 aromatic heterocycles. The minimum atomic E-state index is -3.14. The number of nitrogens with one attached hydrogen (secondary N) is 1. The van der Waals surface area contributed by atoms with Gasteiger partial charge in [0, 0.05) is 29.7 Å². The highest BCUT2D eigenvalue weighted by molar-refractivity contribution is 7.99. The third kappa shape index (κ3) is 6.59. The fraction of sp³-hybridized carbons (Fsp3) is 0.385. The fourth-order valence-corrected chi connectivity index (χ4v) is 2.81. The minimum Gasteiger partial charge on any atom is -0.325 e. The van der Waals surface area contributed by atoms with Gasteiger partial charge in [0.25, 0.3) is 0 Å². The molecule has 20 heavy (non-hydrogen) atoms. The summed E-state index contributed by atoms with van der Waals surface area (Å²) in [5.41, 5.74) is 0.647. The molecular weight excluding hydrogens is 296 g/mol. The van der Waals surface area contributed by atoms with E-state index in [4.69, 9.17) is 5.26 Å². The maximum Gasteiger partial charge on any atom is 0.225 e. The predicted octanol–water partition coefficient (Wildman–Crippen LogP) is 2.07. The molecule has 0 aliphatic heterocycles. The summed E-state index contributed by atoms with van der Waals surface area (Å²) in [6, 6.07) is 9.31. The van der Waals surface area contributed by atoms with Gasteiger partial charge in [0.15, 0.2) is 0 Å². The Morgan fingerprint density at radius 2 is 2.10 bits per heavy atom. The largest absolute Gasteiger partial charge is 0.325 e. The van der Waals surface area contributed by atoms with Crippen molar-refractivity contribution in [2.75, 3.05) is 23.1 Å². The zero-order valence-corrected chi connectivity index (χ0v) is 12.8. The van der Waals surface area contributed by atoms with E-state index in [0.717, 1.165) is 11.2 Å². The molecule has 0 fully saturated rings. The maximum atomic E-state index is 11.7. The Hall–Kier alpha value is -1.52. The van der Waals surface area contributed by atoms with E-state index in [1.165, 1.54) is 11.8 Å². The van der Waals surface area contributed by atoms with E-state index in [9.17, 15) is 13.2 Å². The molecule has 1 aromatic carbocycles. The SMILES string of the molecule is CS(=O)(=O)CCC(=O)Nc1ccccc1SCCC#N. The Morgan fingerprint density at radius 1 is 1.40 bits per heavy atom. The summed E-state index contributed by atoms with van der Waals surface area (Å²) in [5.74, 6) is 0.152. The number of benzene rings is 1. The van der Waals surface area contributed by atoms with Crippen LogP contribution < -0.4 is 5.32 Å². The molecule has 0 aliphatic rings. The van der Waals surface area contributed by atoms with Gasteiger partial charge in [0.05, 0.1) is 17.5 Å². The van der Waals surface area contributed by atoms with Crippen molar-refractivity contribution in [1.82, 2.24) is 0 Å². The number of rotatable bonds is 7. The highest BCUT2D eigenvalue weighted by Gasteiger charge is 2.10. The van der Waals surface area contributed by atoms with E-state index in [1.54, 1.807) is 12.1 Å². The van der Waals surface area contributed by atoms with Gasteiger partial charge in [-0.05, 0) is 12.1 Å². The molecule has 1 aromatic rings. The van der Waals surface area contributed by atoms with Crippen LogP contribution in [0.1, 0.15) is 12.8 Å². The lowest BCUT2D eigenvalue weighted by atomic mass is 10.3. The van der Waals surface area contributed by atoms with Gasteiger partial charge in [-0.15, -0.1) is 11.8 Å². The first-order valence-corrected chi connectivity index (χ1v) is 9.03. The highest BCUT2D eigenvalue weighted by Crippen LogP contribution is 2.27. The van der Waals surface area contributed by atoms with E-state index < -0.39 is 9.84 Å². The molecule has 0 aliphatic carbocycles. The maximum absolute atomic E-state index is 11.7. The van der Waals surface area contributed by atoms with Crippen molar-refractivity contribution in [3.8, 4) is 6.07 Å². The van der Waals surface area contributed by atoms with Crippen LogP contribution in [-0.4, -0.2) is 32.1 Å².